The van der Waals surface area contributed by atoms with Crippen LogP contribution in [0.5, 0.6) is 0 Å². The Hall–Kier alpha value is -3.37. The average Bonchev–Trinajstić information content (AvgIpc) is 2.75. The molecule has 4 rings (SSSR count). The highest BCUT2D eigenvalue weighted by molar-refractivity contribution is 8.01. The summed E-state index contributed by atoms with van der Waals surface area (Å²) in [6.45, 7) is 1.81. The summed E-state index contributed by atoms with van der Waals surface area (Å²) in [5, 5.41) is 5.33. The molecule has 0 fully saturated rings. The van der Waals surface area contributed by atoms with Crippen molar-refractivity contribution in [2.24, 2.45) is 0 Å². The van der Waals surface area contributed by atoms with Crippen LogP contribution in [-0.4, -0.2) is 25.5 Å². The molecule has 0 saturated heterocycles. The predicted molar refractivity (Wildman–Crippen MR) is 122 cm³/mol. The molecule has 32 heavy (non-hydrogen) atoms. The van der Waals surface area contributed by atoms with Crippen LogP contribution in [-0.2, 0) is 14.8 Å². The van der Waals surface area contributed by atoms with Gasteiger partial charge in [0.25, 0.3) is 15.9 Å². The lowest BCUT2D eigenvalue weighted by atomic mass is 10.1. The molecule has 0 saturated carbocycles. The van der Waals surface area contributed by atoms with Gasteiger partial charge < -0.3 is 10.6 Å². The van der Waals surface area contributed by atoms with Gasteiger partial charge in [-0.2, -0.15) is 0 Å². The molecule has 1 aliphatic rings. The largest absolute Gasteiger partial charge is 0.324 e. The zero-order valence-electron chi connectivity index (χ0n) is 16.8. The molecule has 0 aliphatic carbocycles. The van der Waals surface area contributed by atoms with Crippen molar-refractivity contribution in [2.45, 2.75) is 22.0 Å². The summed E-state index contributed by atoms with van der Waals surface area (Å²) in [7, 11) is -3.87. The highest BCUT2D eigenvalue weighted by atomic mass is 32.2. The molecule has 2 amide bonds. The molecular formula is C22H18FN3O4S2. The summed E-state index contributed by atoms with van der Waals surface area (Å²) in [6.07, 6.45) is 0. The van der Waals surface area contributed by atoms with Gasteiger partial charge in [0, 0.05) is 21.8 Å². The second-order valence-electron chi connectivity index (χ2n) is 7.05. The van der Waals surface area contributed by atoms with Gasteiger partial charge in [-0.05, 0) is 73.7 Å². The van der Waals surface area contributed by atoms with E-state index in [1.807, 2.05) is 6.92 Å². The lowest BCUT2D eigenvalue weighted by molar-refractivity contribution is -0.115. The normalized spacial score (nSPS) is 15.4. The van der Waals surface area contributed by atoms with Gasteiger partial charge in [-0.3, -0.25) is 14.3 Å². The van der Waals surface area contributed by atoms with E-state index < -0.39 is 15.8 Å². The van der Waals surface area contributed by atoms with Crippen molar-refractivity contribution in [1.82, 2.24) is 0 Å². The Morgan fingerprint density at radius 1 is 1.00 bits per heavy atom. The van der Waals surface area contributed by atoms with E-state index in [0.717, 1.165) is 17.0 Å². The van der Waals surface area contributed by atoms with Gasteiger partial charge in [-0.15, -0.1) is 11.8 Å². The van der Waals surface area contributed by atoms with Crippen LogP contribution < -0.4 is 15.4 Å². The van der Waals surface area contributed by atoms with Crippen LogP contribution in [0, 0.1) is 5.82 Å². The number of halogens is 1. The van der Waals surface area contributed by atoms with E-state index in [1.165, 1.54) is 36.0 Å². The number of nitrogens with one attached hydrogen (secondary N) is 3. The second kappa shape index (κ2) is 8.64. The maximum Gasteiger partial charge on any atom is 0.261 e. The van der Waals surface area contributed by atoms with Gasteiger partial charge in [0.2, 0.25) is 5.91 Å². The third-order valence-corrected chi connectivity index (χ3v) is 7.27. The lowest BCUT2D eigenvalue weighted by Gasteiger charge is -2.21. The number of rotatable bonds is 5. The molecule has 0 unspecified atom stereocenters. The van der Waals surface area contributed by atoms with Crippen LogP contribution in [0.2, 0.25) is 0 Å². The van der Waals surface area contributed by atoms with Crippen molar-refractivity contribution in [2.75, 3.05) is 15.4 Å². The first-order valence-electron chi connectivity index (χ1n) is 9.53. The van der Waals surface area contributed by atoms with Gasteiger partial charge in [-0.1, -0.05) is 0 Å². The molecule has 0 aromatic heterocycles. The number of hydrogen-bond donors (Lipinski definition) is 3. The lowest BCUT2D eigenvalue weighted by Crippen LogP contribution is -2.26. The van der Waals surface area contributed by atoms with E-state index in [0.29, 0.717) is 16.9 Å². The molecule has 1 aliphatic heterocycles. The first-order chi connectivity index (χ1) is 15.2. The molecule has 7 nitrogen and oxygen atoms in total. The van der Waals surface area contributed by atoms with Crippen LogP contribution >= 0.6 is 11.8 Å². The first kappa shape index (κ1) is 21.8. The van der Waals surface area contributed by atoms with Crippen LogP contribution in [0.3, 0.4) is 0 Å². The fourth-order valence-electron chi connectivity index (χ4n) is 3.00. The van der Waals surface area contributed by atoms with Gasteiger partial charge in [0.1, 0.15) is 5.82 Å². The molecule has 1 heterocycles. The number of carbonyl (C=O) groups is 2. The Bertz CT molecular complexity index is 1290. The summed E-state index contributed by atoms with van der Waals surface area (Å²) in [5.41, 5.74) is 1.72. The van der Waals surface area contributed by atoms with Crippen LogP contribution in [0.25, 0.3) is 0 Å². The number of fused-ring (bicyclic) bond motifs is 1. The fourth-order valence-corrected chi connectivity index (χ4v) is 4.99. The zero-order chi connectivity index (χ0) is 22.9. The van der Waals surface area contributed by atoms with Crippen molar-refractivity contribution in [3.05, 3.63) is 78.1 Å². The summed E-state index contributed by atoms with van der Waals surface area (Å²) >= 11 is 1.43. The minimum atomic E-state index is -3.87. The van der Waals surface area contributed by atoms with Crippen LogP contribution in [0.15, 0.2) is 76.5 Å². The average molecular weight is 472 g/mol. The predicted octanol–water partition coefficient (Wildman–Crippen LogP) is 4.31. The maximum absolute atomic E-state index is 13.0. The Morgan fingerprint density at radius 2 is 1.66 bits per heavy atom. The number of amides is 2. The summed E-state index contributed by atoms with van der Waals surface area (Å²) < 4.78 is 40.2. The van der Waals surface area contributed by atoms with Crippen molar-refractivity contribution in [3.63, 3.8) is 0 Å². The number of sulfonamides is 1. The van der Waals surface area contributed by atoms with Crippen LogP contribution in [0.4, 0.5) is 21.5 Å². The molecular weight excluding hydrogens is 453 g/mol. The Labute approximate surface area is 188 Å². The Balaban J connectivity index is 1.44. The van der Waals surface area contributed by atoms with Gasteiger partial charge in [0.15, 0.2) is 0 Å². The zero-order valence-corrected chi connectivity index (χ0v) is 18.4. The van der Waals surface area contributed by atoms with E-state index in [1.54, 1.807) is 30.3 Å². The van der Waals surface area contributed by atoms with E-state index in [-0.39, 0.29) is 27.6 Å². The molecule has 3 N–H and O–H groups in total. The molecule has 3 aromatic carbocycles. The molecule has 10 heteroatoms. The molecule has 3 aromatic rings. The van der Waals surface area contributed by atoms with E-state index in [2.05, 4.69) is 15.4 Å². The minimum absolute atomic E-state index is 0.0664. The van der Waals surface area contributed by atoms with E-state index in [9.17, 15) is 22.4 Å². The number of hydrogen-bond acceptors (Lipinski definition) is 5. The fraction of sp³-hybridized carbons (Fsp3) is 0.0909. The van der Waals surface area contributed by atoms with Gasteiger partial charge in [0.05, 0.1) is 15.8 Å². The number of anilines is 3. The standard InChI is InChI=1S/C22H18FN3O4S2/c1-13-21(27)25-19-12-14(2-11-20(19)31-13)22(28)24-16-5-7-17(8-6-16)26-32(29,30)18-9-3-15(23)4-10-18/h2-13,26H,1H3,(H,24,28)(H,25,27)/t13-/m1/s1. The third kappa shape index (κ3) is 4.76. The molecule has 0 radical (unpaired) electrons. The highest BCUT2D eigenvalue weighted by Crippen LogP contribution is 2.36. The van der Waals surface area contributed by atoms with E-state index >= 15 is 0 Å². The minimum Gasteiger partial charge on any atom is -0.324 e. The van der Waals surface area contributed by atoms with Crippen molar-refractivity contribution < 1.29 is 22.4 Å². The Kier molecular flexibility index (Phi) is 5.90. The second-order valence-corrected chi connectivity index (χ2v) is 10.1. The quantitative estimate of drug-likeness (QED) is 0.514. The van der Waals surface area contributed by atoms with Crippen molar-refractivity contribution in [1.29, 1.82) is 0 Å². The van der Waals surface area contributed by atoms with Crippen molar-refractivity contribution in [3.8, 4) is 0 Å². The Morgan fingerprint density at radius 3 is 2.34 bits per heavy atom. The first-order valence-corrected chi connectivity index (χ1v) is 11.9. The maximum atomic E-state index is 13.0. The number of benzene rings is 3. The molecule has 164 valence electrons. The van der Waals surface area contributed by atoms with E-state index in [4.69, 9.17) is 0 Å². The molecule has 1 atom stereocenters. The summed E-state index contributed by atoms with van der Waals surface area (Å²) in [5.74, 6) is -1.01. The number of thioether (sulfide) groups is 1. The SMILES string of the molecule is C[C@H]1Sc2ccc(C(=O)Nc3ccc(NS(=O)(=O)c4ccc(F)cc4)cc3)cc2NC1=O. The van der Waals surface area contributed by atoms with Gasteiger partial charge >= 0.3 is 0 Å². The van der Waals surface area contributed by atoms with Crippen molar-refractivity contribution >= 4 is 50.7 Å². The highest BCUT2D eigenvalue weighted by Gasteiger charge is 2.23. The number of carbonyl (C=O) groups excluding carboxylic acids is 2. The topological polar surface area (TPSA) is 104 Å². The monoisotopic (exact) mass is 471 g/mol. The summed E-state index contributed by atoms with van der Waals surface area (Å²) in [4.78, 5) is 25.3. The molecule has 0 spiro atoms. The van der Waals surface area contributed by atoms with Gasteiger partial charge in [-0.25, -0.2) is 12.8 Å². The third-order valence-electron chi connectivity index (χ3n) is 4.69. The smallest absolute Gasteiger partial charge is 0.261 e. The van der Waals surface area contributed by atoms with Crippen LogP contribution in [0.1, 0.15) is 17.3 Å². The molecule has 0 bridgehead atoms. The summed E-state index contributed by atoms with van der Waals surface area (Å²) in [6, 6.07) is 15.7.